The van der Waals surface area contributed by atoms with Gasteiger partial charge in [-0.25, -0.2) is 0 Å². The molecule has 0 N–H and O–H groups in total. The summed E-state index contributed by atoms with van der Waals surface area (Å²) in [6, 6.07) is 50.6. The van der Waals surface area contributed by atoms with Gasteiger partial charge in [-0.1, -0.05) is 138 Å². The van der Waals surface area contributed by atoms with E-state index in [1.54, 1.807) is 0 Å². The van der Waals surface area contributed by atoms with E-state index in [4.69, 9.17) is 0 Å². The molecule has 3 heteroatoms. The molecule has 206 valence electrons. The summed E-state index contributed by atoms with van der Waals surface area (Å²) < 4.78 is 0. The standard InChI is InChI=1S/C41H31B2N/c1-26-12-18-35-39(22-26)44-40-23-27(2)13-19-36(40)43(34-17-15-30-9-5-7-11-32(30)25-34)38-21-28(3)20-37(41(38)44)42(35)33-16-14-29-8-4-6-10-31(29)24-33/h4-25H,1-3H3. The quantitative estimate of drug-likeness (QED) is 0.234. The SMILES string of the molecule is Cc1cc2c3c(c1)B(c1ccc4ccccc4c1)c1ccc(C)cc1N3c1cc(C)ccc1B2c1ccc2ccccc2c1. The van der Waals surface area contributed by atoms with Crippen LogP contribution in [-0.4, -0.2) is 13.4 Å². The van der Waals surface area contributed by atoms with E-state index >= 15 is 0 Å². The van der Waals surface area contributed by atoms with Crippen molar-refractivity contribution in [1.82, 2.24) is 0 Å². The molecule has 1 nitrogen and oxygen atoms in total. The Morgan fingerprint density at radius 3 is 1.32 bits per heavy atom. The van der Waals surface area contributed by atoms with E-state index in [-0.39, 0.29) is 13.4 Å². The van der Waals surface area contributed by atoms with E-state index < -0.39 is 0 Å². The lowest BCUT2D eigenvalue weighted by atomic mass is 9.30. The van der Waals surface area contributed by atoms with Crippen molar-refractivity contribution >= 4 is 84.8 Å². The van der Waals surface area contributed by atoms with E-state index in [9.17, 15) is 0 Å². The Bertz CT molecular complexity index is 2140. The summed E-state index contributed by atoms with van der Waals surface area (Å²) in [5.41, 5.74) is 16.0. The third-order valence-corrected chi connectivity index (χ3v) is 9.85. The van der Waals surface area contributed by atoms with E-state index in [1.165, 1.54) is 88.1 Å². The van der Waals surface area contributed by atoms with Gasteiger partial charge in [-0.3, -0.25) is 0 Å². The average Bonchev–Trinajstić information content (AvgIpc) is 3.04. The Kier molecular flexibility index (Phi) is 5.50. The fraction of sp³-hybridized carbons (Fsp3) is 0.0732. The minimum atomic E-state index is 0.142. The molecule has 0 aromatic heterocycles. The molecule has 44 heavy (non-hydrogen) atoms. The van der Waals surface area contributed by atoms with E-state index in [0.29, 0.717) is 0 Å². The Morgan fingerprint density at radius 2 is 0.841 bits per heavy atom. The molecule has 2 aliphatic rings. The zero-order valence-corrected chi connectivity index (χ0v) is 25.3. The first-order valence-electron chi connectivity index (χ1n) is 15.7. The lowest BCUT2D eigenvalue weighted by Gasteiger charge is -2.44. The second-order valence-corrected chi connectivity index (χ2v) is 12.8. The molecular weight excluding hydrogens is 528 g/mol. The predicted octanol–water partition coefficient (Wildman–Crippen LogP) is 6.05. The van der Waals surface area contributed by atoms with Crippen LogP contribution in [0.3, 0.4) is 0 Å². The first kappa shape index (κ1) is 25.5. The van der Waals surface area contributed by atoms with Crippen molar-refractivity contribution in [2.75, 3.05) is 4.90 Å². The smallest absolute Gasteiger partial charge is 0.246 e. The number of nitrogens with zero attached hydrogens (tertiary/aromatic N) is 1. The van der Waals surface area contributed by atoms with Crippen LogP contribution in [-0.2, 0) is 0 Å². The molecule has 9 rings (SSSR count). The third kappa shape index (κ3) is 3.75. The van der Waals surface area contributed by atoms with E-state index in [0.717, 1.165) is 0 Å². The minimum Gasteiger partial charge on any atom is -0.313 e. The predicted molar refractivity (Wildman–Crippen MR) is 193 cm³/mol. The van der Waals surface area contributed by atoms with Crippen LogP contribution in [0.5, 0.6) is 0 Å². The molecule has 0 saturated carbocycles. The van der Waals surface area contributed by atoms with Gasteiger partial charge < -0.3 is 4.90 Å². The second kappa shape index (κ2) is 9.49. The molecule has 0 atom stereocenters. The monoisotopic (exact) mass is 559 g/mol. The maximum Gasteiger partial charge on any atom is 0.246 e. The highest BCUT2D eigenvalue weighted by Gasteiger charge is 2.43. The van der Waals surface area contributed by atoms with Crippen molar-refractivity contribution in [2.45, 2.75) is 20.8 Å². The topological polar surface area (TPSA) is 3.24 Å². The van der Waals surface area contributed by atoms with Gasteiger partial charge in [0.15, 0.2) is 0 Å². The van der Waals surface area contributed by atoms with Crippen molar-refractivity contribution < 1.29 is 0 Å². The van der Waals surface area contributed by atoms with Crippen LogP contribution >= 0.6 is 0 Å². The average molecular weight is 559 g/mol. The summed E-state index contributed by atoms with van der Waals surface area (Å²) in [6.45, 7) is 6.99. The Hall–Kier alpha value is -5.01. The molecular formula is C41H31B2N. The van der Waals surface area contributed by atoms with Crippen LogP contribution in [0.2, 0.25) is 0 Å². The fourth-order valence-corrected chi connectivity index (χ4v) is 7.92. The van der Waals surface area contributed by atoms with Gasteiger partial charge in [0.1, 0.15) is 0 Å². The number of rotatable bonds is 2. The number of anilines is 3. The molecule has 2 heterocycles. The minimum absolute atomic E-state index is 0.142. The summed E-state index contributed by atoms with van der Waals surface area (Å²) >= 11 is 0. The van der Waals surface area contributed by atoms with Gasteiger partial charge in [-0.2, -0.15) is 0 Å². The maximum absolute atomic E-state index is 2.59. The molecule has 0 saturated heterocycles. The van der Waals surface area contributed by atoms with Gasteiger partial charge in [0.2, 0.25) is 13.4 Å². The van der Waals surface area contributed by atoms with Crippen molar-refractivity contribution in [3.8, 4) is 0 Å². The molecule has 0 unspecified atom stereocenters. The summed E-state index contributed by atoms with van der Waals surface area (Å²) in [5, 5.41) is 5.14. The number of aryl methyl sites for hydroxylation is 3. The summed E-state index contributed by atoms with van der Waals surface area (Å²) in [4.78, 5) is 2.59. The van der Waals surface area contributed by atoms with Crippen LogP contribution in [0.1, 0.15) is 16.7 Å². The maximum atomic E-state index is 2.59. The number of hydrogen-bond acceptors (Lipinski definition) is 1. The van der Waals surface area contributed by atoms with Crippen LogP contribution in [0, 0.1) is 20.8 Å². The Balaban J connectivity index is 1.37. The molecule has 0 aliphatic carbocycles. The van der Waals surface area contributed by atoms with Crippen molar-refractivity contribution in [2.24, 2.45) is 0 Å². The molecule has 0 radical (unpaired) electrons. The zero-order valence-electron chi connectivity index (χ0n) is 25.3. The third-order valence-electron chi connectivity index (χ3n) is 9.85. The Labute approximate surface area is 260 Å². The highest BCUT2D eigenvalue weighted by molar-refractivity contribution is 7.02. The van der Waals surface area contributed by atoms with E-state index in [1.807, 2.05) is 0 Å². The lowest BCUT2D eigenvalue weighted by Crippen LogP contribution is -2.65. The molecule has 0 amide bonds. The molecule has 2 aliphatic heterocycles. The van der Waals surface area contributed by atoms with Crippen LogP contribution in [0.25, 0.3) is 21.5 Å². The fourth-order valence-electron chi connectivity index (χ4n) is 7.92. The number of fused-ring (bicyclic) bond motifs is 6. The number of benzene rings is 7. The normalized spacial score (nSPS) is 13.2. The van der Waals surface area contributed by atoms with Crippen molar-refractivity contribution in [3.63, 3.8) is 0 Å². The Morgan fingerprint density at radius 1 is 0.386 bits per heavy atom. The molecule has 7 aromatic rings. The zero-order chi connectivity index (χ0) is 29.5. The second-order valence-electron chi connectivity index (χ2n) is 12.8. The number of hydrogen-bond donors (Lipinski definition) is 0. The first-order chi connectivity index (χ1) is 21.5. The van der Waals surface area contributed by atoms with Crippen LogP contribution < -0.4 is 37.7 Å². The lowest BCUT2D eigenvalue weighted by molar-refractivity contribution is 1.27. The van der Waals surface area contributed by atoms with Gasteiger partial charge in [-0.05, 0) is 87.4 Å². The van der Waals surface area contributed by atoms with Crippen molar-refractivity contribution in [1.29, 1.82) is 0 Å². The molecule has 7 aromatic carbocycles. The summed E-state index contributed by atoms with van der Waals surface area (Å²) in [6.07, 6.45) is 0. The van der Waals surface area contributed by atoms with Crippen LogP contribution in [0.15, 0.2) is 133 Å². The highest BCUT2D eigenvalue weighted by atomic mass is 15.2. The largest absolute Gasteiger partial charge is 0.313 e. The summed E-state index contributed by atoms with van der Waals surface area (Å²) in [7, 11) is 0. The van der Waals surface area contributed by atoms with Gasteiger partial charge in [0.05, 0.1) is 0 Å². The highest BCUT2D eigenvalue weighted by Crippen LogP contribution is 2.38. The summed E-state index contributed by atoms with van der Waals surface area (Å²) in [5.74, 6) is 0. The molecule has 0 fully saturated rings. The molecule has 0 spiro atoms. The van der Waals surface area contributed by atoms with Gasteiger partial charge >= 0.3 is 0 Å². The molecule has 0 bridgehead atoms. The van der Waals surface area contributed by atoms with E-state index in [2.05, 4.69) is 159 Å². The van der Waals surface area contributed by atoms with Gasteiger partial charge in [0.25, 0.3) is 0 Å². The van der Waals surface area contributed by atoms with Crippen LogP contribution in [0.4, 0.5) is 17.1 Å². The first-order valence-corrected chi connectivity index (χ1v) is 15.7. The van der Waals surface area contributed by atoms with Gasteiger partial charge in [-0.15, -0.1) is 0 Å². The van der Waals surface area contributed by atoms with Gasteiger partial charge in [0, 0.05) is 17.1 Å². The van der Waals surface area contributed by atoms with Crippen molar-refractivity contribution in [3.05, 3.63) is 150 Å².